The van der Waals surface area contributed by atoms with Gasteiger partial charge in [0.2, 0.25) is 0 Å². The summed E-state index contributed by atoms with van der Waals surface area (Å²) in [5.74, 6) is -0.244. The van der Waals surface area contributed by atoms with Crippen molar-refractivity contribution in [3.63, 3.8) is 0 Å². The summed E-state index contributed by atoms with van der Waals surface area (Å²) >= 11 is 0. The molecule has 0 unspecified atom stereocenters. The molecule has 1 heterocycles. The number of nitrogens with zero attached hydrogens (tertiary/aromatic N) is 2. The highest BCUT2D eigenvalue weighted by atomic mass is 16.5. The number of hydrogen-bond donors (Lipinski definition) is 1. The molecule has 94 valence electrons. The highest BCUT2D eigenvalue weighted by Crippen LogP contribution is 2.27. The van der Waals surface area contributed by atoms with Crippen LogP contribution in [-0.2, 0) is 0 Å². The fourth-order valence-corrected chi connectivity index (χ4v) is 1.54. The topological polar surface area (TPSA) is 83.2 Å². The van der Waals surface area contributed by atoms with Gasteiger partial charge in [-0.25, -0.2) is 4.79 Å². The van der Waals surface area contributed by atoms with E-state index in [-0.39, 0.29) is 11.1 Å². The van der Waals surface area contributed by atoms with E-state index in [1.54, 1.807) is 25.3 Å². The van der Waals surface area contributed by atoms with E-state index in [4.69, 9.17) is 15.1 Å². The number of hydrogen-bond acceptors (Lipinski definition) is 4. The van der Waals surface area contributed by atoms with Crippen molar-refractivity contribution in [1.82, 2.24) is 4.98 Å². The maximum Gasteiger partial charge on any atom is 0.335 e. The zero-order valence-electron chi connectivity index (χ0n) is 10.1. The molecule has 2 aromatic rings. The Kier molecular flexibility index (Phi) is 3.44. The Hall–Kier alpha value is -2.87. The summed E-state index contributed by atoms with van der Waals surface area (Å²) in [6.07, 6.45) is 1.64. The molecule has 5 nitrogen and oxygen atoms in total. The van der Waals surface area contributed by atoms with E-state index in [2.05, 4.69) is 4.98 Å². The van der Waals surface area contributed by atoms with Gasteiger partial charge in [-0.15, -0.1) is 0 Å². The fraction of sp³-hybridized carbons (Fsp3) is 0.0714. The lowest BCUT2D eigenvalue weighted by Crippen LogP contribution is -1.98. The third-order valence-electron chi connectivity index (χ3n) is 2.53. The number of carboxylic acid groups (broad SMARTS) is 1. The number of carboxylic acids is 1. The first-order valence-electron chi connectivity index (χ1n) is 5.48. The van der Waals surface area contributed by atoms with E-state index in [1.807, 2.05) is 6.07 Å². The molecular formula is C14H10N2O3. The van der Waals surface area contributed by atoms with E-state index < -0.39 is 5.97 Å². The average molecular weight is 254 g/mol. The van der Waals surface area contributed by atoms with Crippen LogP contribution in [0.1, 0.15) is 21.6 Å². The summed E-state index contributed by atoms with van der Waals surface area (Å²) in [6, 6.07) is 9.52. The number of ether oxygens (including phenoxy) is 1. The molecule has 1 N–H and O–H groups in total. The van der Waals surface area contributed by atoms with Crippen LogP contribution in [0.25, 0.3) is 0 Å². The lowest BCUT2D eigenvalue weighted by atomic mass is 10.1. The Balaban J connectivity index is 2.39. The van der Waals surface area contributed by atoms with Gasteiger partial charge in [-0.1, -0.05) is 0 Å². The van der Waals surface area contributed by atoms with Crippen LogP contribution in [0.5, 0.6) is 11.5 Å². The maximum atomic E-state index is 10.8. The summed E-state index contributed by atoms with van der Waals surface area (Å²) in [5.41, 5.74) is 0.906. The van der Waals surface area contributed by atoms with Crippen molar-refractivity contribution in [3.8, 4) is 17.6 Å². The van der Waals surface area contributed by atoms with Gasteiger partial charge in [-0.05, 0) is 37.3 Å². The van der Waals surface area contributed by atoms with Gasteiger partial charge in [-0.3, -0.25) is 4.98 Å². The van der Waals surface area contributed by atoms with Crippen molar-refractivity contribution in [2.45, 2.75) is 6.92 Å². The van der Waals surface area contributed by atoms with Crippen molar-refractivity contribution in [2.75, 3.05) is 0 Å². The van der Waals surface area contributed by atoms with Gasteiger partial charge in [0.15, 0.2) is 0 Å². The summed E-state index contributed by atoms with van der Waals surface area (Å²) in [6.45, 7) is 1.78. The molecule has 19 heavy (non-hydrogen) atoms. The lowest BCUT2D eigenvalue weighted by Gasteiger charge is -2.09. The van der Waals surface area contributed by atoms with Crippen LogP contribution in [0.4, 0.5) is 0 Å². The molecule has 0 spiro atoms. The third kappa shape index (κ3) is 2.69. The molecule has 0 aliphatic rings. The summed E-state index contributed by atoms with van der Waals surface area (Å²) in [4.78, 5) is 14.9. The van der Waals surface area contributed by atoms with Gasteiger partial charge in [0.05, 0.1) is 16.8 Å². The molecule has 1 aromatic carbocycles. The molecule has 0 radical (unpaired) electrons. The first-order chi connectivity index (χ1) is 9.11. The minimum atomic E-state index is -1.08. The highest BCUT2D eigenvalue weighted by Gasteiger charge is 2.11. The minimum Gasteiger partial charge on any atom is -0.478 e. The number of rotatable bonds is 3. The Labute approximate surface area is 109 Å². The standard InChI is InChI=1S/C14H10N2O3/c1-9-12(3-2-6-16-9)19-13-5-4-10(14(17)18)7-11(13)8-15/h2-7H,1H3,(H,17,18). The predicted octanol–water partition coefficient (Wildman–Crippen LogP) is 2.75. The molecule has 0 bridgehead atoms. The smallest absolute Gasteiger partial charge is 0.335 e. The summed E-state index contributed by atoms with van der Waals surface area (Å²) in [7, 11) is 0. The second-order valence-corrected chi connectivity index (χ2v) is 3.82. The number of carbonyl (C=O) groups is 1. The second-order valence-electron chi connectivity index (χ2n) is 3.82. The number of aromatic carboxylic acids is 1. The zero-order valence-corrected chi connectivity index (χ0v) is 10.1. The van der Waals surface area contributed by atoms with E-state index in [9.17, 15) is 4.79 Å². The Morgan fingerprint density at radius 3 is 2.79 bits per heavy atom. The molecule has 2 rings (SSSR count). The monoisotopic (exact) mass is 254 g/mol. The zero-order chi connectivity index (χ0) is 13.8. The van der Waals surface area contributed by atoms with Crippen LogP contribution in [0.2, 0.25) is 0 Å². The van der Waals surface area contributed by atoms with Crippen LogP contribution < -0.4 is 4.74 Å². The number of nitriles is 1. The molecule has 0 fully saturated rings. The average Bonchev–Trinajstić information content (AvgIpc) is 2.41. The molecule has 0 aliphatic carbocycles. The summed E-state index contributed by atoms with van der Waals surface area (Å²) < 4.78 is 5.59. The number of aryl methyl sites for hydroxylation is 1. The Morgan fingerprint density at radius 1 is 1.37 bits per heavy atom. The van der Waals surface area contributed by atoms with Gasteiger partial charge in [0.25, 0.3) is 0 Å². The molecule has 0 saturated carbocycles. The van der Waals surface area contributed by atoms with Gasteiger partial charge < -0.3 is 9.84 Å². The number of aromatic nitrogens is 1. The highest BCUT2D eigenvalue weighted by molar-refractivity contribution is 5.88. The van der Waals surface area contributed by atoms with E-state index in [0.29, 0.717) is 17.2 Å². The lowest BCUT2D eigenvalue weighted by molar-refractivity contribution is 0.0697. The van der Waals surface area contributed by atoms with Gasteiger partial charge in [-0.2, -0.15) is 5.26 Å². The van der Waals surface area contributed by atoms with Crippen LogP contribution >= 0.6 is 0 Å². The summed E-state index contributed by atoms with van der Waals surface area (Å²) in [5, 5.41) is 17.9. The molecule has 0 amide bonds. The van der Waals surface area contributed by atoms with E-state index >= 15 is 0 Å². The Bertz CT molecular complexity index is 675. The third-order valence-corrected chi connectivity index (χ3v) is 2.53. The van der Waals surface area contributed by atoms with Crippen LogP contribution in [0.3, 0.4) is 0 Å². The van der Waals surface area contributed by atoms with Crippen molar-refractivity contribution in [1.29, 1.82) is 5.26 Å². The molecule has 0 aliphatic heterocycles. The molecular weight excluding hydrogens is 244 g/mol. The predicted molar refractivity (Wildman–Crippen MR) is 67.2 cm³/mol. The first kappa shape index (κ1) is 12.6. The maximum absolute atomic E-state index is 10.8. The molecule has 5 heteroatoms. The van der Waals surface area contributed by atoms with Gasteiger partial charge in [0, 0.05) is 6.20 Å². The number of pyridine rings is 1. The van der Waals surface area contributed by atoms with Crippen molar-refractivity contribution < 1.29 is 14.6 Å². The SMILES string of the molecule is Cc1ncccc1Oc1ccc(C(=O)O)cc1C#N. The number of benzene rings is 1. The second kappa shape index (κ2) is 5.19. The minimum absolute atomic E-state index is 0.0480. The van der Waals surface area contributed by atoms with Crippen LogP contribution in [-0.4, -0.2) is 16.1 Å². The van der Waals surface area contributed by atoms with Crippen molar-refractivity contribution in [2.24, 2.45) is 0 Å². The Morgan fingerprint density at radius 2 is 2.16 bits per heavy atom. The van der Waals surface area contributed by atoms with Crippen LogP contribution in [0.15, 0.2) is 36.5 Å². The molecule has 1 aromatic heterocycles. The molecule has 0 saturated heterocycles. The van der Waals surface area contributed by atoms with Gasteiger partial charge >= 0.3 is 5.97 Å². The van der Waals surface area contributed by atoms with E-state index in [1.165, 1.54) is 18.2 Å². The van der Waals surface area contributed by atoms with Crippen molar-refractivity contribution in [3.05, 3.63) is 53.3 Å². The fourth-order valence-electron chi connectivity index (χ4n) is 1.54. The molecule has 0 atom stereocenters. The first-order valence-corrected chi connectivity index (χ1v) is 5.48. The largest absolute Gasteiger partial charge is 0.478 e. The van der Waals surface area contributed by atoms with E-state index in [0.717, 1.165) is 0 Å². The van der Waals surface area contributed by atoms with Crippen molar-refractivity contribution >= 4 is 5.97 Å². The quantitative estimate of drug-likeness (QED) is 0.910. The normalized spacial score (nSPS) is 9.68. The van der Waals surface area contributed by atoms with Gasteiger partial charge in [0.1, 0.15) is 17.6 Å². The van der Waals surface area contributed by atoms with Crippen LogP contribution in [0, 0.1) is 18.3 Å².